The molecule has 2 aliphatic rings. The van der Waals surface area contributed by atoms with Crippen LogP contribution in [0, 0.1) is 0 Å². The highest BCUT2D eigenvalue weighted by Crippen LogP contribution is 2.34. The van der Waals surface area contributed by atoms with Gasteiger partial charge in [-0.05, 0) is 55.4 Å². The average Bonchev–Trinajstić information content (AvgIpc) is 3.65. The number of piperidine rings is 1. The Labute approximate surface area is 175 Å². The molecule has 0 radical (unpaired) electrons. The van der Waals surface area contributed by atoms with Crippen LogP contribution in [-0.4, -0.2) is 40.8 Å². The number of aromatic nitrogens is 2. The van der Waals surface area contributed by atoms with Crippen LogP contribution in [0.15, 0.2) is 53.3 Å². The van der Waals surface area contributed by atoms with E-state index in [0.29, 0.717) is 35.5 Å². The quantitative estimate of drug-likeness (QED) is 0.665. The molecule has 6 heteroatoms. The molecule has 0 N–H and O–H groups in total. The maximum absolute atomic E-state index is 13.4. The maximum atomic E-state index is 13.4. The van der Waals surface area contributed by atoms with Crippen LogP contribution in [-0.2, 0) is 0 Å². The molecule has 3 aromatic rings. The topological polar surface area (TPSA) is 64.4 Å². The van der Waals surface area contributed by atoms with Crippen molar-refractivity contribution in [1.29, 1.82) is 0 Å². The first-order chi connectivity index (χ1) is 14.7. The van der Waals surface area contributed by atoms with Crippen LogP contribution in [0.25, 0.3) is 10.8 Å². The van der Waals surface area contributed by atoms with E-state index in [1.54, 1.807) is 13.2 Å². The van der Waals surface area contributed by atoms with Gasteiger partial charge in [0, 0.05) is 18.5 Å². The first kappa shape index (κ1) is 18.9. The Morgan fingerprint density at radius 3 is 2.43 bits per heavy atom. The molecule has 1 aliphatic heterocycles. The van der Waals surface area contributed by atoms with Crippen molar-refractivity contribution in [3.63, 3.8) is 0 Å². The number of methoxy groups -OCH3 is 1. The fourth-order valence-electron chi connectivity index (χ4n) is 4.39. The summed E-state index contributed by atoms with van der Waals surface area (Å²) in [6, 6.07) is 15.6. The summed E-state index contributed by atoms with van der Waals surface area (Å²) < 4.78 is 6.87. The Balaban J connectivity index is 1.40. The summed E-state index contributed by atoms with van der Waals surface area (Å²) in [6.45, 7) is 1.36. The van der Waals surface area contributed by atoms with Gasteiger partial charge in [-0.15, -0.1) is 0 Å². The third-order valence-corrected chi connectivity index (χ3v) is 6.27. The van der Waals surface area contributed by atoms with Gasteiger partial charge in [-0.1, -0.05) is 30.3 Å². The minimum Gasteiger partial charge on any atom is -0.497 e. The van der Waals surface area contributed by atoms with Crippen LogP contribution in [0.4, 0.5) is 0 Å². The lowest BCUT2D eigenvalue weighted by atomic mass is 9.89. The van der Waals surface area contributed by atoms with E-state index in [-0.39, 0.29) is 17.5 Å². The van der Waals surface area contributed by atoms with Crippen molar-refractivity contribution >= 4 is 16.7 Å². The molecular formula is C24H25N3O3. The van der Waals surface area contributed by atoms with E-state index in [9.17, 15) is 9.59 Å². The minimum atomic E-state index is -0.0959. The van der Waals surface area contributed by atoms with E-state index in [1.807, 2.05) is 35.2 Å². The Kier molecular flexibility index (Phi) is 4.77. The average molecular weight is 403 g/mol. The normalized spacial score (nSPS) is 17.3. The number of hydrogen-bond acceptors (Lipinski definition) is 4. The van der Waals surface area contributed by atoms with Gasteiger partial charge in [0.15, 0.2) is 5.69 Å². The van der Waals surface area contributed by atoms with E-state index in [1.165, 1.54) is 10.2 Å². The van der Waals surface area contributed by atoms with Crippen molar-refractivity contribution in [2.45, 2.75) is 37.6 Å². The first-order valence-electron chi connectivity index (χ1n) is 10.6. The van der Waals surface area contributed by atoms with E-state index in [4.69, 9.17) is 4.74 Å². The van der Waals surface area contributed by atoms with Crippen LogP contribution in [0.2, 0.25) is 0 Å². The molecule has 2 aromatic carbocycles. The molecule has 1 saturated heterocycles. The summed E-state index contributed by atoms with van der Waals surface area (Å²) in [5.41, 5.74) is 1.56. The van der Waals surface area contributed by atoms with Crippen LogP contribution in [0.1, 0.15) is 53.7 Å². The predicted molar refractivity (Wildman–Crippen MR) is 115 cm³/mol. The van der Waals surface area contributed by atoms with Crippen molar-refractivity contribution < 1.29 is 9.53 Å². The van der Waals surface area contributed by atoms with Crippen LogP contribution < -0.4 is 10.3 Å². The summed E-state index contributed by atoms with van der Waals surface area (Å²) >= 11 is 0. The summed E-state index contributed by atoms with van der Waals surface area (Å²) in [6.07, 6.45) is 3.70. The van der Waals surface area contributed by atoms with Gasteiger partial charge < -0.3 is 9.64 Å². The second-order valence-electron chi connectivity index (χ2n) is 8.22. The lowest BCUT2D eigenvalue weighted by Gasteiger charge is -2.32. The van der Waals surface area contributed by atoms with E-state index in [2.05, 4.69) is 17.2 Å². The number of likely N-dealkylation sites (tertiary alicyclic amines) is 1. The molecule has 1 amide bonds. The fourth-order valence-corrected chi connectivity index (χ4v) is 4.39. The zero-order valence-corrected chi connectivity index (χ0v) is 17.1. The van der Waals surface area contributed by atoms with Gasteiger partial charge in [-0.2, -0.15) is 5.10 Å². The van der Waals surface area contributed by atoms with Gasteiger partial charge in [0.25, 0.3) is 11.5 Å². The summed E-state index contributed by atoms with van der Waals surface area (Å²) in [7, 11) is 1.68. The fraction of sp³-hybridized carbons (Fsp3) is 0.375. The van der Waals surface area contributed by atoms with Gasteiger partial charge >= 0.3 is 0 Å². The van der Waals surface area contributed by atoms with Crippen molar-refractivity contribution in [2.24, 2.45) is 0 Å². The summed E-state index contributed by atoms with van der Waals surface area (Å²) in [5, 5.41) is 5.76. The molecule has 0 atom stereocenters. The van der Waals surface area contributed by atoms with E-state index >= 15 is 0 Å². The monoisotopic (exact) mass is 403 g/mol. The van der Waals surface area contributed by atoms with Crippen LogP contribution in [0.5, 0.6) is 5.75 Å². The summed E-state index contributed by atoms with van der Waals surface area (Å²) in [5.74, 6) is 1.20. The number of carbonyl (C=O) groups is 1. The molecule has 2 heterocycles. The highest BCUT2D eigenvalue weighted by atomic mass is 16.5. The SMILES string of the molecule is COc1cccc(C2CCN(C(=O)c3nn(C4CC4)c(=O)c4ccccc34)CC2)c1. The molecule has 0 bridgehead atoms. The van der Waals surface area contributed by atoms with Crippen LogP contribution in [0.3, 0.4) is 0 Å². The number of amides is 1. The van der Waals surface area contributed by atoms with Crippen molar-refractivity contribution in [3.05, 3.63) is 70.1 Å². The highest BCUT2D eigenvalue weighted by Gasteiger charge is 2.31. The van der Waals surface area contributed by atoms with E-state index < -0.39 is 0 Å². The number of carbonyl (C=O) groups excluding carboxylic acids is 1. The second kappa shape index (κ2) is 7.59. The third kappa shape index (κ3) is 3.36. The number of ether oxygens (including phenoxy) is 1. The Hall–Kier alpha value is -3.15. The largest absolute Gasteiger partial charge is 0.497 e. The molecule has 1 aliphatic carbocycles. The smallest absolute Gasteiger partial charge is 0.274 e. The molecule has 1 saturated carbocycles. The number of fused-ring (bicyclic) bond motifs is 1. The lowest BCUT2D eigenvalue weighted by Crippen LogP contribution is -2.39. The molecule has 1 aromatic heterocycles. The van der Waals surface area contributed by atoms with Crippen LogP contribution >= 0.6 is 0 Å². The van der Waals surface area contributed by atoms with Crippen molar-refractivity contribution in [3.8, 4) is 5.75 Å². The highest BCUT2D eigenvalue weighted by molar-refractivity contribution is 6.04. The zero-order chi connectivity index (χ0) is 20.7. The molecule has 6 nitrogen and oxygen atoms in total. The van der Waals surface area contributed by atoms with Crippen molar-refractivity contribution in [1.82, 2.24) is 14.7 Å². The molecule has 0 spiro atoms. The van der Waals surface area contributed by atoms with Gasteiger partial charge in [0.1, 0.15) is 5.75 Å². The molecule has 154 valence electrons. The van der Waals surface area contributed by atoms with Gasteiger partial charge in [-0.25, -0.2) is 4.68 Å². The summed E-state index contributed by atoms with van der Waals surface area (Å²) in [4.78, 5) is 28.1. The lowest BCUT2D eigenvalue weighted by molar-refractivity contribution is 0.0706. The Bertz CT molecular complexity index is 1160. The number of hydrogen-bond donors (Lipinski definition) is 0. The Morgan fingerprint density at radius 2 is 1.73 bits per heavy atom. The zero-order valence-electron chi connectivity index (χ0n) is 17.1. The second-order valence-corrected chi connectivity index (χ2v) is 8.22. The van der Waals surface area contributed by atoms with Gasteiger partial charge in [0.2, 0.25) is 0 Å². The number of benzene rings is 2. The van der Waals surface area contributed by atoms with Crippen molar-refractivity contribution in [2.75, 3.05) is 20.2 Å². The molecule has 2 fully saturated rings. The van der Waals surface area contributed by atoms with Gasteiger partial charge in [0.05, 0.1) is 18.5 Å². The van der Waals surface area contributed by atoms with Gasteiger partial charge in [-0.3, -0.25) is 9.59 Å². The standard InChI is InChI=1S/C24H25N3O3/c1-30-19-6-4-5-17(15-19)16-11-13-26(14-12-16)24(29)22-20-7-2-3-8-21(20)23(28)27(25-22)18-9-10-18/h2-8,15-16,18H,9-14H2,1H3. The maximum Gasteiger partial charge on any atom is 0.274 e. The minimum absolute atomic E-state index is 0.0790. The molecule has 30 heavy (non-hydrogen) atoms. The third-order valence-electron chi connectivity index (χ3n) is 6.27. The number of rotatable bonds is 4. The number of nitrogens with zero attached hydrogens (tertiary/aromatic N) is 3. The molecule has 0 unspecified atom stereocenters. The predicted octanol–water partition coefficient (Wildman–Crippen LogP) is 3.76. The molecule has 5 rings (SSSR count). The van der Waals surface area contributed by atoms with E-state index in [0.717, 1.165) is 31.4 Å². The Morgan fingerprint density at radius 1 is 1.00 bits per heavy atom. The molecular weight excluding hydrogens is 378 g/mol. The first-order valence-corrected chi connectivity index (χ1v) is 10.6.